The van der Waals surface area contributed by atoms with Crippen molar-refractivity contribution in [2.45, 2.75) is 24.3 Å². The average molecular weight is 239 g/mol. The number of hydrogen-bond donors (Lipinski definition) is 1. The maximum atomic E-state index is 6.21. The molecule has 0 amide bonds. The van der Waals surface area contributed by atoms with Crippen LogP contribution in [0.15, 0.2) is 29.2 Å². The summed E-state index contributed by atoms with van der Waals surface area (Å²) in [5, 5.41) is 0. The number of rotatable bonds is 6. The van der Waals surface area contributed by atoms with Gasteiger partial charge in [0.25, 0.3) is 0 Å². The van der Waals surface area contributed by atoms with Gasteiger partial charge in [-0.15, -0.1) is 11.8 Å². The molecule has 2 N–H and O–H groups in total. The van der Waals surface area contributed by atoms with E-state index in [9.17, 15) is 0 Å². The van der Waals surface area contributed by atoms with E-state index in [1.807, 2.05) is 0 Å². The minimum absolute atomic E-state index is 0.103. The van der Waals surface area contributed by atoms with Crippen LogP contribution in [0.2, 0.25) is 0 Å². The van der Waals surface area contributed by atoms with Crippen molar-refractivity contribution >= 4 is 11.8 Å². The maximum absolute atomic E-state index is 6.21. The molecule has 0 saturated heterocycles. The molecule has 1 aromatic carbocycles. The summed E-state index contributed by atoms with van der Waals surface area (Å²) in [5.74, 6) is 0.445. The van der Waals surface area contributed by atoms with Crippen LogP contribution in [0.3, 0.4) is 0 Å². The molecule has 16 heavy (non-hydrogen) atoms. The summed E-state index contributed by atoms with van der Waals surface area (Å²) < 4.78 is 5.08. The smallest absolute Gasteiger partial charge is 0.0465 e. The van der Waals surface area contributed by atoms with E-state index in [0.29, 0.717) is 5.92 Å². The molecule has 1 rings (SSSR count). The summed E-state index contributed by atoms with van der Waals surface area (Å²) in [5.41, 5.74) is 7.42. The van der Waals surface area contributed by atoms with Crippen molar-refractivity contribution in [1.82, 2.24) is 0 Å². The molecule has 0 radical (unpaired) electrons. The summed E-state index contributed by atoms with van der Waals surface area (Å²) in [4.78, 5) is 1.28. The van der Waals surface area contributed by atoms with Crippen molar-refractivity contribution in [2.75, 3.05) is 20.0 Å². The first-order valence-electron chi connectivity index (χ1n) is 5.57. The van der Waals surface area contributed by atoms with Crippen molar-refractivity contribution in [3.63, 3.8) is 0 Å². The first kappa shape index (κ1) is 13.6. The standard InChI is InChI=1S/C13H21NOS/c1-10(8-9-15-2)13(14)11-4-6-12(16-3)7-5-11/h4-7,10,13H,8-9,14H2,1-3H3. The van der Waals surface area contributed by atoms with Crippen LogP contribution in [0.25, 0.3) is 0 Å². The van der Waals surface area contributed by atoms with Gasteiger partial charge in [-0.3, -0.25) is 0 Å². The summed E-state index contributed by atoms with van der Waals surface area (Å²) in [6, 6.07) is 8.61. The van der Waals surface area contributed by atoms with Gasteiger partial charge in [0, 0.05) is 24.7 Å². The summed E-state index contributed by atoms with van der Waals surface area (Å²) in [6.07, 6.45) is 3.08. The summed E-state index contributed by atoms with van der Waals surface area (Å²) in [7, 11) is 1.73. The highest BCUT2D eigenvalue weighted by atomic mass is 32.2. The van der Waals surface area contributed by atoms with Gasteiger partial charge in [-0.2, -0.15) is 0 Å². The van der Waals surface area contributed by atoms with Crippen molar-refractivity contribution in [1.29, 1.82) is 0 Å². The Morgan fingerprint density at radius 2 is 1.94 bits per heavy atom. The van der Waals surface area contributed by atoms with Crippen LogP contribution >= 0.6 is 11.8 Å². The third-order valence-corrected chi connectivity index (χ3v) is 3.63. The number of nitrogens with two attached hydrogens (primary N) is 1. The van der Waals surface area contributed by atoms with E-state index in [1.54, 1.807) is 18.9 Å². The van der Waals surface area contributed by atoms with E-state index in [1.165, 1.54) is 10.5 Å². The molecule has 90 valence electrons. The zero-order chi connectivity index (χ0) is 12.0. The van der Waals surface area contributed by atoms with Crippen LogP contribution in [0, 0.1) is 5.92 Å². The zero-order valence-electron chi connectivity index (χ0n) is 10.3. The van der Waals surface area contributed by atoms with Crippen LogP contribution < -0.4 is 5.73 Å². The lowest BCUT2D eigenvalue weighted by Gasteiger charge is -2.20. The van der Waals surface area contributed by atoms with Crippen molar-refractivity contribution in [3.05, 3.63) is 29.8 Å². The van der Waals surface area contributed by atoms with Gasteiger partial charge in [0.1, 0.15) is 0 Å². The van der Waals surface area contributed by atoms with Crippen LogP contribution in [0.1, 0.15) is 24.9 Å². The molecule has 0 fully saturated rings. The highest BCUT2D eigenvalue weighted by Crippen LogP contribution is 2.24. The van der Waals surface area contributed by atoms with Gasteiger partial charge < -0.3 is 10.5 Å². The van der Waals surface area contributed by atoms with Gasteiger partial charge in [-0.05, 0) is 36.3 Å². The minimum atomic E-state index is 0.103. The van der Waals surface area contributed by atoms with E-state index >= 15 is 0 Å². The fourth-order valence-corrected chi connectivity index (χ4v) is 2.05. The molecule has 0 spiro atoms. The number of benzene rings is 1. The summed E-state index contributed by atoms with van der Waals surface area (Å²) in [6.45, 7) is 2.95. The molecule has 0 saturated carbocycles. The lowest BCUT2D eigenvalue weighted by Crippen LogP contribution is -2.20. The zero-order valence-corrected chi connectivity index (χ0v) is 11.1. The highest BCUT2D eigenvalue weighted by Gasteiger charge is 2.14. The first-order valence-corrected chi connectivity index (χ1v) is 6.80. The fraction of sp³-hybridized carbons (Fsp3) is 0.538. The monoisotopic (exact) mass is 239 g/mol. The third kappa shape index (κ3) is 3.81. The number of methoxy groups -OCH3 is 1. The number of ether oxygens (including phenoxy) is 1. The van der Waals surface area contributed by atoms with Gasteiger partial charge in [0.15, 0.2) is 0 Å². The largest absolute Gasteiger partial charge is 0.385 e. The van der Waals surface area contributed by atoms with E-state index in [2.05, 4.69) is 37.4 Å². The molecule has 3 heteroatoms. The van der Waals surface area contributed by atoms with Crippen molar-refractivity contribution < 1.29 is 4.74 Å². The Morgan fingerprint density at radius 1 is 1.31 bits per heavy atom. The van der Waals surface area contributed by atoms with Gasteiger partial charge in [-0.1, -0.05) is 19.1 Å². The molecule has 0 heterocycles. The van der Waals surface area contributed by atoms with E-state index in [0.717, 1.165) is 13.0 Å². The molecule has 0 aliphatic rings. The van der Waals surface area contributed by atoms with Crippen molar-refractivity contribution in [3.8, 4) is 0 Å². The second-order valence-electron chi connectivity index (χ2n) is 4.06. The Balaban J connectivity index is 2.60. The van der Waals surface area contributed by atoms with Crippen LogP contribution in [-0.4, -0.2) is 20.0 Å². The van der Waals surface area contributed by atoms with E-state index in [-0.39, 0.29) is 6.04 Å². The Morgan fingerprint density at radius 3 is 2.44 bits per heavy atom. The Kier molecular flexibility index (Phi) is 5.88. The van der Waals surface area contributed by atoms with E-state index in [4.69, 9.17) is 10.5 Å². The maximum Gasteiger partial charge on any atom is 0.0465 e. The number of hydrogen-bond acceptors (Lipinski definition) is 3. The lowest BCUT2D eigenvalue weighted by atomic mass is 9.93. The Labute approximate surface area is 103 Å². The molecule has 2 unspecified atom stereocenters. The Bertz CT molecular complexity index is 299. The SMILES string of the molecule is COCCC(C)C(N)c1ccc(SC)cc1. The highest BCUT2D eigenvalue weighted by molar-refractivity contribution is 7.98. The normalized spacial score (nSPS) is 14.8. The third-order valence-electron chi connectivity index (χ3n) is 2.89. The predicted molar refractivity (Wildman–Crippen MR) is 70.8 cm³/mol. The second-order valence-corrected chi connectivity index (χ2v) is 4.94. The Hall–Kier alpha value is -0.510. The molecular weight excluding hydrogens is 218 g/mol. The van der Waals surface area contributed by atoms with E-state index < -0.39 is 0 Å². The van der Waals surface area contributed by atoms with Crippen LogP contribution in [-0.2, 0) is 4.74 Å². The molecule has 0 aliphatic heterocycles. The lowest BCUT2D eigenvalue weighted by molar-refractivity contribution is 0.174. The topological polar surface area (TPSA) is 35.2 Å². The second kappa shape index (κ2) is 6.94. The molecule has 0 aliphatic carbocycles. The minimum Gasteiger partial charge on any atom is -0.385 e. The predicted octanol–water partition coefficient (Wildman–Crippen LogP) is 3.08. The number of thioether (sulfide) groups is 1. The van der Waals surface area contributed by atoms with Crippen LogP contribution in [0.4, 0.5) is 0 Å². The van der Waals surface area contributed by atoms with Gasteiger partial charge >= 0.3 is 0 Å². The van der Waals surface area contributed by atoms with Gasteiger partial charge in [-0.25, -0.2) is 0 Å². The average Bonchev–Trinajstić information content (AvgIpc) is 2.35. The molecular formula is C13H21NOS. The van der Waals surface area contributed by atoms with Crippen molar-refractivity contribution in [2.24, 2.45) is 11.7 Å². The van der Waals surface area contributed by atoms with Gasteiger partial charge in [0.2, 0.25) is 0 Å². The molecule has 0 aromatic heterocycles. The molecule has 2 atom stereocenters. The molecule has 1 aromatic rings. The van der Waals surface area contributed by atoms with Crippen LogP contribution in [0.5, 0.6) is 0 Å². The first-order chi connectivity index (χ1) is 7.69. The quantitative estimate of drug-likeness (QED) is 0.775. The molecule has 2 nitrogen and oxygen atoms in total. The fourth-order valence-electron chi connectivity index (χ4n) is 1.64. The van der Waals surface area contributed by atoms with Gasteiger partial charge in [0.05, 0.1) is 0 Å². The molecule has 0 bridgehead atoms. The summed E-state index contributed by atoms with van der Waals surface area (Å²) >= 11 is 1.75.